The topological polar surface area (TPSA) is 92.0 Å². The largest absolute Gasteiger partial charge is 0.469 e. The zero-order valence-corrected chi connectivity index (χ0v) is 14.9. The van der Waals surface area contributed by atoms with E-state index < -0.39 is 17.4 Å². The maximum Gasteiger partial charge on any atom is 0.324 e. The normalized spacial score (nSPS) is 20.9. The zero-order chi connectivity index (χ0) is 19.0. The van der Waals surface area contributed by atoms with Crippen molar-refractivity contribution in [3.05, 3.63) is 36.8 Å². The number of rotatable bonds is 11. The highest BCUT2D eigenvalue weighted by molar-refractivity contribution is 6.04. The van der Waals surface area contributed by atoms with Crippen molar-refractivity contribution < 1.29 is 33.0 Å². The predicted molar refractivity (Wildman–Crippen MR) is 90.9 cm³/mol. The minimum Gasteiger partial charge on any atom is -0.469 e. The molecule has 0 aliphatic heterocycles. The first-order chi connectivity index (χ1) is 12.5. The van der Waals surface area contributed by atoms with Crippen LogP contribution in [0.4, 0.5) is 0 Å². The second kappa shape index (κ2) is 9.22. The fourth-order valence-corrected chi connectivity index (χ4v) is 2.68. The lowest BCUT2D eigenvalue weighted by Gasteiger charge is -2.14. The Hall–Kier alpha value is -2.57. The number of esters is 3. The van der Waals surface area contributed by atoms with Gasteiger partial charge in [-0.1, -0.05) is 6.08 Å². The number of aryl methyl sites for hydroxylation is 1. The number of furan rings is 1. The second-order valence-corrected chi connectivity index (χ2v) is 6.03. The summed E-state index contributed by atoms with van der Waals surface area (Å²) >= 11 is 0. The van der Waals surface area contributed by atoms with Crippen LogP contribution in [0.25, 0.3) is 0 Å². The van der Waals surface area contributed by atoms with Gasteiger partial charge in [-0.05, 0) is 25.5 Å². The smallest absolute Gasteiger partial charge is 0.324 e. The van der Waals surface area contributed by atoms with Crippen molar-refractivity contribution in [1.82, 2.24) is 0 Å². The molecule has 0 N–H and O–H groups in total. The highest BCUT2D eigenvalue weighted by Gasteiger charge is 2.67. The van der Waals surface area contributed by atoms with E-state index in [9.17, 15) is 14.4 Å². The molecule has 1 saturated carbocycles. The Kier molecular flexibility index (Phi) is 7.00. The Bertz CT molecular complexity index is 634. The molecule has 0 amide bonds. The number of allylic oxidation sites excluding steroid dienone is 1. The molecule has 7 heteroatoms. The maximum atomic E-state index is 12.3. The molecule has 1 aromatic heterocycles. The van der Waals surface area contributed by atoms with E-state index in [1.807, 2.05) is 0 Å². The predicted octanol–water partition coefficient (Wildman–Crippen LogP) is 2.44. The molecule has 2 rings (SSSR count). The van der Waals surface area contributed by atoms with Crippen LogP contribution in [0.2, 0.25) is 0 Å². The van der Waals surface area contributed by atoms with Gasteiger partial charge in [0.2, 0.25) is 0 Å². The van der Waals surface area contributed by atoms with Crippen LogP contribution in [0.15, 0.2) is 35.5 Å². The molecule has 0 bridgehead atoms. The SMILES string of the molecule is C=CC1CC1(C(=O)OCC)C(=O)OCCCOC(=O)CCc1ccco1. The van der Waals surface area contributed by atoms with Crippen LogP contribution < -0.4 is 0 Å². The summed E-state index contributed by atoms with van der Waals surface area (Å²) in [4.78, 5) is 35.9. The van der Waals surface area contributed by atoms with E-state index in [0.717, 1.165) is 5.76 Å². The average Bonchev–Trinajstić information content (AvgIpc) is 3.16. The summed E-state index contributed by atoms with van der Waals surface area (Å²) in [6.45, 7) is 5.72. The van der Waals surface area contributed by atoms with E-state index in [4.69, 9.17) is 18.6 Å². The van der Waals surface area contributed by atoms with Gasteiger partial charge in [-0.3, -0.25) is 14.4 Å². The third kappa shape index (κ3) is 4.74. The lowest BCUT2D eigenvalue weighted by molar-refractivity contribution is -0.165. The summed E-state index contributed by atoms with van der Waals surface area (Å²) in [5.74, 6) is -1.05. The molecule has 2 atom stereocenters. The van der Waals surface area contributed by atoms with Crippen molar-refractivity contribution in [2.75, 3.05) is 19.8 Å². The molecule has 1 heterocycles. The van der Waals surface area contributed by atoms with E-state index in [1.165, 1.54) is 0 Å². The molecule has 1 fully saturated rings. The number of carbonyl (C=O) groups is 3. The van der Waals surface area contributed by atoms with Gasteiger partial charge in [-0.2, -0.15) is 0 Å². The van der Waals surface area contributed by atoms with Gasteiger partial charge in [-0.15, -0.1) is 6.58 Å². The zero-order valence-electron chi connectivity index (χ0n) is 14.9. The van der Waals surface area contributed by atoms with Crippen LogP contribution in [0, 0.1) is 11.3 Å². The fourth-order valence-electron chi connectivity index (χ4n) is 2.68. The van der Waals surface area contributed by atoms with E-state index >= 15 is 0 Å². The van der Waals surface area contributed by atoms with Crippen LogP contribution in [0.5, 0.6) is 0 Å². The maximum absolute atomic E-state index is 12.3. The van der Waals surface area contributed by atoms with Crippen molar-refractivity contribution >= 4 is 17.9 Å². The molecule has 1 aliphatic rings. The highest BCUT2D eigenvalue weighted by Crippen LogP contribution is 2.55. The minimum atomic E-state index is -1.25. The third-order valence-electron chi connectivity index (χ3n) is 4.24. The summed E-state index contributed by atoms with van der Waals surface area (Å²) in [7, 11) is 0. The van der Waals surface area contributed by atoms with Gasteiger partial charge in [0.05, 0.1) is 32.5 Å². The van der Waals surface area contributed by atoms with E-state index in [-0.39, 0.29) is 38.1 Å². The molecule has 142 valence electrons. The van der Waals surface area contributed by atoms with Crippen molar-refractivity contribution in [1.29, 1.82) is 0 Å². The highest BCUT2D eigenvalue weighted by atomic mass is 16.6. The molecule has 0 aromatic carbocycles. The first kappa shape index (κ1) is 19.8. The number of hydrogen-bond acceptors (Lipinski definition) is 7. The van der Waals surface area contributed by atoms with Gasteiger partial charge in [0, 0.05) is 18.8 Å². The van der Waals surface area contributed by atoms with Crippen molar-refractivity contribution in [2.45, 2.75) is 32.6 Å². The Balaban J connectivity index is 1.64. The molecule has 2 unspecified atom stereocenters. The summed E-state index contributed by atoms with van der Waals surface area (Å²) in [5.41, 5.74) is -1.25. The Labute approximate surface area is 152 Å². The molecule has 26 heavy (non-hydrogen) atoms. The number of carbonyl (C=O) groups excluding carboxylic acids is 3. The van der Waals surface area contributed by atoms with Crippen LogP contribution in [0.1, 0.15) is 31.9 Å². The molecule has 7 nitrogen and oxygen atoms in total. The summed E-state index contributed by atoms with van der Waals surface area (Å²) in [6.07, 6.45) is 4.53. The van der Waals surface area contributed by atoms with Crippen molar-refractivity contribution in [3.63, 3.8) is 0 Å². The fraction of sp³-hybridized carbons (Fsp3) is 0.526. The van der Waals surface area contributed by atoms with Gasteiger partial charge in [-0.25, -0.2) is 0 Å². The monoisotopic (exact) mass is 364 g/mol. The molecule has 0 saturated heterocycles. The molecular weight excluding hydrogens is 340 g/mol. The lowest BCUT2D eigenvalue weighted by atomic mass is 10.0. The van der Waals surface area contributed by atoms with E-state index in [1.54, 1.807) is 31.4 Å². The van der Waals surface area contributed by atoms with Gasteiger partial charge in [0.15, 0.2) is 5.41 Å². The molecular formula is C19H24O7. The minimum absolute atomic E-state index is 0.0648. The average molecular weight is 364 g/mol. The molecule has 0 spiro atoms. The van der Waals surface area contributed by atoms with E-state index in [0.29, 0.717) is 19.3 Å². The summed E-state index contributed by atoms with van der Waals surface area (Å²) in [6, 6.07) is 3.55. The second-order valence-electron chi connectivity index (χ2n) is 6.03. The Morgan fingerprint density at radius 2 is 2.00 bits per heavy atom. The quantitative estimate of drug-likeness (QED) is 0.196. The number of hydrogen-bond donors (Lipinski definition) is 0. The standard InChI is InChI=1S/C19H24O7/c1-3-14-13-19(14,17(21)23-4-2)18(22)26-12-6-11-25-16(20)9-8-15-7-5-10-24-15/h3,5,7,10,14H,1,4,6,8-9,11-13H2,2H3. The van der Waals surface area contributed by atoms with Crippen molar-refractivity contribution in [2.24, 2.45) is 11.3 Å². The molecule has 1 aliphatic carbocycles. The van der Waals surface area contributed by atoms with Gasteiger partial charge < -0.3 is 18.6 Å². The van der Waals surface area contributed by atoms with Gasteiger partial charge in [0.25, 0.3) is 0 Å². The first-order valence-electron chi connectivity index (χ1n) is 8.69. The number of ether oxygens (including phenoxy) is 3. The van der Waals surface area contributed by atoms with Gasteiger partial charge >= 0.3 is 17.9 Å². The first-order valence-corrected chi connectivity index (χ1v) is 8.69. The molecule has 0 radical (unpaired) electrons. The summed E-state index contributed by atoms with van der Waals surface area (Å²) < 4.78 is 20.4. The van der Waals surface area contributed by atoms with Crippen LogP contribution in [0.3, 0.4) is 0 Å². The molecule has 1 aromatic rings. The van der Waals surface area contributed by atoms with Crippen molar-refractivity contribution in [3.8, 4) is 0 Å². The van der Waals surface area contributed by atoms with Gasteiger partial charge in [0.1, 0.15) is 5.76 Å². The third-order valence-corrected chi connectivity index (χ3v) is 4.24. The van der Waals surface area contributed by atoms with Crippen LogP contribution in [-0.4, -0.2) is 37.7 Å². The van der Waals surface area contributed by atoms with Crippen LogP contribution in [-0.2, 0) is 35.0 Å². The lowest BCUT2D eigenvalue weighted by Crippen LogP contribution is -2.32. The summed E-state index contributed by atoms with van der Waals surface area (Å²) in [5, 5.41) is 0. The Morgan fingerprint density at radius 1 is 1.27 bits per heavy atom. The Morgan fingerprint density at radius 3 is 2.62 bits per heavy atom. The van der Waals surface area contributed by atoms with E-state index in [2.05, 4.69) is 6.58 Å². The van der Waals surface area contributed by atoms with Crippen LogP contribution >= 0.6 is 0 Å².